The summed E-state index contributed by atoms with van der Waals surface area (Å²) in [6.45, 7) is 8.59. The van der Waals surface area contributed by atoms with Crippen molar-refractivity contribution >= 4 is 22.7 Å². The highest BCUT2D eigenvalue weighted by molar-refractivity contribution is 7.98. The largest absolute Gasteiger partial charge is 0.241 e. The van der Waals surface area contributed by atoms with Gasteiger partial charge < -0.3 is 0 Å². The second-order valence-corrected chi connectivity index (χ2v) is 7.03. The highest BCUT2D eigenvalue weighted by Gasteiger charge is 2.07. The fourth-order valence-corrected chi connectivity index (χ4v) is 3.65. The molecule has 0 radical (unpaired) electrons. The second-order valence-electron chi connectivity index (χ2n) is 6.03. The van der Waals surface area contributed by atoms with Gasteiger partial charge >= 0.3 is 0 Å². The Kier molecular flexibility index (Phi) is 4.21. The van der Waals surface area contributed by atoms with E-state index in [2.05, 4.69) is 70.2 Å². The van der Waals surface area contributed by atoms with E-state index in [0.717, 1.165) is 16.3 Å². The Morgan fingerprint density at radius 1 is 0.818 bits per heavy atom. The quantitative estimate of drug-likeness (QED) is 0.570. The van der Waals surface area contributed by atoms with Gasteiger partial charge in [0.15, 0.2) is 0 Å². The Balaban J connectivity index is 1.90. The lowest BCUT2D eigenvalue weighted by Gasteiger charge is -2.10. The van der Waals surface area contributed by atoms with Crippen LogP contribution in [0, 0.1) is 27.7 Å². The van der Waals surface area contributed by atoms with Gasteiger partial charge in [-0.3, -0.25) is 0 Å². The maximum atomic E-state index is 4.87. The average Bonchev–Trinajstić information content (AvgIpc) is 2.48. The standard InChI is InChI=1S/C20H21NS/c1-13-5-7-17(8-6-13)12-22-19-11-15(3)18-10-14(2)9-16(4)20(18)21-19/h5-11H,12H2,1-4H3. The first-order valence-corrected chi connectivity index (χ1v) is 8.58. The summed E-state index contributed by atoms with van der Waals surface area (Å²) < 4.78 is 0. The van der Waals surface area contributed by atoms with Crippen LogP contribution in [0.15, 0.2) is 47.5 Å². The molecule has 2 aromatic carbocycles. The van der Waals surface area contributed by atoms with Crippen LogP contribution < -0.4 is 0 Å². The van der Waals surface area contributed by atoms with Crippen molar-refractivity contribution in [2.45, 2.75) is 38.5 Å². The maximum absolute atomic E-state index is 4.87. The Bertz CT molecular complexity index is 819. The lowest BCUT2D eigenvalue weighted by molar-refractivity contribution is 1.15. The van der Waals surface area contributed by atoms with Crippen molar-refractivity contribution in [3.05, 3.63) is 70.3 Å². The third-order valence-corrected chi connectivity index (χ3v) is 4.92. The van der Waals surface area contributed by atoms with Crippen molar-refractivity contribution in [3.8, 4) is 0 Å². The molecule has 2 heteroatoms. The van der Waals surface area contributed by atoms with Gasteiger partial charge in [0.2, 0.25) is 0 Å². The third kappa shape index (κ3) is 3.17. The topological polar surface area (TPSA) is 12.9 Å². The number of hydrogen-bond acceptors (Lipinski definition) is 2. The molecule has 112 valence electrons. The van der Waals surface area contributed by atoms with Gasteiger partial charge in [-0.15, -0.1) is 11.8 Å². The molecule has 0 amide bonds. The van der Waals surface area contributed by atoms with E-state index in [1.807, 2.05) is 11.8 Å². The van der Waals surface area contributed by atoms with E-state index in [1.54, 1.807) is 0 Å². The predicted octanol–water partition coefficient (Wildman–Crippen LogP) is 5.76. The molecule has 3 aromatic rings. The Morgan fingerprint density at radius 3 is 2.27 bits per heavy atom. The smallest absolute Gasteiger partial charge is 0.0973 e. The van der Waals surface area contributed by atoms with Crippen LogP contribution >= 0.6 is 11.8 Å². The molecule has 3 rings (SSSR count). The molecule has 0 bridgehead atoms. The number of fused-ring (bicyclic) bond motifs is 1. The van der Waals surface area contributed by atoms with E-state index >= 15 is 0 Å². The summed E-state index contributed by atoms with van der Waals surface area (Å²) in [6, 6.07) is 15.4. The van der Waals surface area contributed by atoms with Crippen LogP contribution in [0.2, 0.25) is 0 Å². The van der Waals surface area contributed by atoms with Gasteiger partial charge in [-0.05, 0) is 56.5 Å². The van der Waals surface area contributed by atoms with E-state index in [-0.39, 0.29) is 0 Å². The van der Waals surface area contributed by atoms with Crippen LogP contribution in [-0.2, 0) is 5.75 Å². The van der Waals surface area contributed by atoms with Crippen molar-refractivity contribution in [1.82, 2.24) is 4.98 Å². The van der Waals surface area contributed by atoms with Gasteiger partial charge in [0.25, 0.3) is 0 Å². The molecular weight excluding hydrogens is 286 g/mol. The fraction of sp³-hybridized carbons (Fsp3) is 0.250. The predicted molar refractivity (Wildman–Crippen MR) is 96.7 cm³/mol. The maximum Gasteiger partial charge on any atom is 0.0973 e. The molecule has 0 N–H and O–H groups in total. The van der Waals surface area contributed by atoms with Crippen LogP contribution in [0.1, 0.15) is 27.8 Å². The highest BCUT2D eigenvalue weighted by Crippen LogP contribution is 2.28. The summed E-state index contributed by atoms with van der Waals surface area (Å²) in [7, 11) is 0. The molecule has 0 unspecified atom stereocenters. The average molecular weight is 307 g/mol. The zero-order chi connectivity index (χ0) is 15.7. The van der Waals surface area contributed by atoms with Crippen LogP contribution in [-0.4, -0.2) is 4.98 Å². The highest BCUT2D eigenvalue weighted by atomic mass is 32.2. The molecule has 22 heavy (non-hydrogen) atoms. The van der Waals surface area contributed by atoms with Gasteiger partial charge in [-0.1, -0.05) is 41.5 Å². The molecule has 1 heterocycles. The zero-order valence-electron chi connectivity index (χ0n) is 13.6. The molecule has 0 spiro atoms. The van der Waals surface area contributed by atoms with Gasteiger partial charge in [0.05, 0.1) is 10.5 Å². The van der Waals surface area contributed by atoms with E-state index in [0.29, 0.717) is 0 Å². The number of rotatable bonds is 3. The van der Waals surface area contributed by atoms with E-state index in [9.17, 15) is 0 Å². The molecular formula is C20H21NS. The minimum Gasteiger partial charge on any atom is -0.241 e. The van der Waals surface area contributed by atoms with Crippen molar-refractivity contribution in [3.63, 3.8) is 0 Å². The molecule has 0 aliphatic carbocycles. The molecule has 1 nitrogen and oxygen atoms in total. The first-order chi connectivity index (χ1) is 10.5. The Hall–Kier alpha value is -1.80. The van der Waals surface area contributed by atoms with Gasteiger partial charge in [-0.25, -0.2) is 4.98 Å². The number of thioether (sulfide) groups is 1. The summed E-state index contributed by atoms with van der Waals surface area (Å²) >= 11 is 1.81. The molecule has 0 saturated carbocycles. The van der Waals surface area contributed by atoms with E-state index in [1.165, 1.54) is 33.2 Å². The minimum absolute atomic E-state index is 0.961. The molecule has 0 fully saturated rings. The lowest BCUT2D eigenvalue weighted by atomic mass is 10.0. The summed E-state index contributed by atoms with van der Waals surface area (Å²) in [4.78, 5) is 4.87. The number of pyridine rings is 1. The van der Waals surface area contributed by atoms with Crippen molar-refractivity contribution < 1.29 is 0 Å². The lowest BCUT2D eigenvalue weighted by Crippen LogP contribution is -1.92. The van der Waals surface area contributed by atoms with Crippen LogP contribution in [0.25, 0.3) is 10.9 Å². The SMILES string of the molecule is Cc1ccc(CSc2cc(C)c3cc(C)cc(C)c3n2)cc1. The van der Waals surface area contributed by atoms with Gasteiger partial charge in [0.1, 0.15) is 0 Å². The number of aryl methyl sites for hydroxylation is 4. The minimum atomic E-state index is 0.961. The second kappa shape index (κ2) is 6.13. The molecule has 1 aromatic heterocycles. The zero-order valence-corrected chi connectivity index (χ0v) is 14.4. The third-order valence-electron chi connectivity index (χ3n) is 3.94. The number of hydrogen-bond donors (Lipinski definition) is 0. The summed E-state index contributed by atoms with van der Waals surface area (Å²) in [5.74, 6) is 0.961. The van der Waals surface area contributed by atoms with Gasteiger partial charge in [-0.2, -0.15) is 0 Å². The van der Waals surface area contributed by atoms with Gasteiger partial charge in [0, 0.05) is 11.1 Å². The van der Waals surface area contributed by atoms with E-state index in [4.69, 9.17) is 4.98 Å². The molecule has 0 aliphatic rings. The van der Waals surface area contributed by atoms with Crippen LogP contribution in [0.4, 0.5) is 0 Å². The van der Waals surface area contributed by atoms with E-state index < -0.39 is 0 Å². The normalized spacial score (nSPS) is 11.1. The van der Waals surface area contributed by atoms with Crippen molar-refractivity contribution in [2.24, 2.45) is 0 Å². The molecule has 0 saturated heterocycles. The Morgan fingerprint density at radius 2 is 1.55 bits per heavy atom. The molecule has 0 aliphatic heterocycles. The summed E-state index contributed by atoms with van der Waals surface area (Å²) in [5.41, 5.74) is 7.65. The van der Waals surface area contributed by atoms with Crippen molar-refractivity contribution in [1.29, 1.82) is 0 Å². The monoisotopic (exact) mass is 307 g/mol. The summed E-state index contributed by atoms with van der Waals surface area (Å²) in [5, 5.41) is 2.38. The summed E-state index contributed by atoms with van der Waals surface area (Å²) in [6.07, 6.45) is 0. The number of aromatic nitrogens is 1. The van der Waals surface area contributed by atoms with Crippen LogP contribution in [0.3, 0.4) is 0 Å². The fourth-order valence-electron chi connectivity index (χ4n) is 2.73. The number of benzene rings is 2. The van der Waals surface area contributed by atoms with Crippen LogP contribution in [0.5, 0.6) is 0 Å². The Labute approximate surface area is 136 Å². The van der Waals surface area contributed by atoms with Crippen molar-refractivity contribution in [2.75, 3.05) is 0 Å². The molecule has 0 atom stereocenters. The number of nitrogens with zero attached hydrogens (tertiary/aromatic N) is 1. The first kappa shape index (κ1) is 15.1. The first-order valence-electron chi connectivity index (χ1n) is 7.60.